The van der Waals surface area contributed by atoms with Crippen molar-refractivity contribution in [1.29, 1.82) is 0 Å². The molecule has 0 spiro atoms. The molecule has 1 aromatic heterocycles. The molecule has 2 rings (SSSR count). The van der Waals surface area contributed by atoms with Gasteiger partial charge in [-0.3, -0.25) is 0 Å². The zero-order valence-corrected chi connectivity index (χ0v) is 11.1. The van der Waals surface area contributed by atoms with Crippen molar-refractivity contribution in [2.24, 2.45) is 0 Å². The summed E-state index contributed by atoms with van der Waals surface area (Å²) < 4.78 is 19.5. The molecule has 1 aromatic carbocycles. The van der Waals surface area contributed by atoms with Gasteiger partial charge in [-0.05, 0) is 53.0 Å². The van der Waals surface area contributed by atoms with Crippen LogP contribution in [0.2, 0.25) is 0 Å². The number of hydrogen-bond donors (Lipinski definition) is 0. The summed E-state index contributed by atoms with van der Waals surface area (Å²) in [4.78, 5) is 4.11. The summed E-state index contributed by atoms with van der Waals surface area (Å²) in [7, 11) is 0. The highest BCUT2D eigenvalue weighted by atomic mass is 79.9. The second kappa shape index (κ2) is 4.84. The average molecular weight is 296 g/mol. The predicted molar refractivity (Wildman–Crippen MR) is 67.9 cm³/mol. The number of aryl methyl sites for hydroxylation is 2. The van der Waals surface area contributed by atoms with Gasteiger partial charge >= 0.3 is 0 Å². The van der Waals surface area contributed by atoms with Crippen molar-refractivity contribution in [2.75, 3.05) is 0 Å². The summed E-state index contributed by atoms with van der Waals surface area (Å²) in [5.74, 6) is 0.594. The molecule has 2 aromatic rings. The van der Waals surface area contributed by atoms with Gasteiger partial charge in [0.2, 0.25) is 5.88 Å². The van der Waals surface area contributed by atoms with Crippen LogP contribution >= 0.6 is 15.9 Å². The van der Waals surface area contributed by atoms with Crippen molar-refractivity contribution in [3.05, 3.63) is 51.9 Å². The van der Waals surface area contributed by atoms with Gasteiger partial charge in [-0.2, -0.15) is 0 Å². The lowest BCUT2D eigenvalue weighted by Crippen LogP contribution is -1.93. The zero-order chi connectivity index (χ0) is 12.4. The fourth-order valence-corrected chi connectivity index (χ4v) is 1.69. The summed E-state index contributed by atoms with van der Waals surface area (Å²) in [5.41, 5.74) is 1.88. The number of ether oxygens (including phenoxy) is 1. The molecule has 0 atom stereocenters. The highest BCUT2D eigenvalue weighted by Gasteiger charge is 2.09. The third-order valence-corrected chi connectivity index (χ3v) is 3.37. The van der Waals surface area contributed by atoms with Crippen LogP contribution in [0.25, 0.3) is 0 Å². The van der Waals surface area contributed by atoms with Crippen molar-refractivity contribution >= 4 is 15.9 Å². The molecular weight excluding hydrogens is 285 g/mol. The standard InChI is InChI=1S/C13H11BrFNO/c1-8-3-4-10(15)7-11(8)17-13-12(14)9(2)5-6-16-13/h3-7H,1-2H3. The summed E-state index contributed by atoms with van der Waals surface area (Å²) in [5, 5.41) is 0. The summed E-state index contributed by atoms with van der Waals surface area (Å²) in [6.07, 6.45) is 1.66. The van der Waals surface area contributed by atoms with Gasteiger partial charge in [0.05, 0.1) is 4.47 Å². The number of benzene rings is 1. The van der Waals surface area contributed by atoms with Crippen LogP contribution in [-0.4, -0.2) is 4.98 Å². The van der Waals surface area contributed by atoms with Crippen molar-refractivity contribution in [3.63, 3.8) is 0 Å². The first-order valence-corrected chi connectivity index (χ1v) is 5.92. The molecule has 0 fully saturated rings. The van der Waals surface area contributed by atoms with Gasteiger partial charge in [-0.1, -0.05) is 6.07 Å². The van der Waals surface area contributed by atoms with Crippen LogP contribution in [0.4, 0.5) is 4.39 Å². The molecule has 17 heavy (non-hydrogen) atoms. The van der Waals surface area contributed by atoms with E-state index in [1.54, 1.807) is 12.3 Å². The van der Waals surface area contributed by atoms with Crippen LogP contribution in [0.15, 0.2) is 34.9 Å². The lowest BCUT2D eigenvalue weighted by atomic mass is 10.2. The van der Waals surface area contributed by atoms with E-state index in [9.17, 15) is 4.39 Å². The van der Waals surface area contributed by atoms with E-state index in [2.05, 4.69) is 20.9 Å². The maximum absolute atomic E-state index is 13.1. The van der Waals surface area contributed by atoms with E-state index in [0.717, 1.165) is 15.6 Å². The summed E-state index contributed by atoms with van der Waals surface area (Å²) in [6, 6.07) is 6.30. The van der Waals surface area contributed by atoms with Gasteiger partial charge in [-0.25, -0.2) is 9.37 Å². The Morgan fingerprint density at radius 1 is 1.18 bits per heavy atom. The fourth-order valence-electron chi connectivity index (χ4n) is 1.37. The Balaban J connectivity index is 2.38. The number of pyridine rings is 1. The van der Waals surface area contributed by atoms with Gasteiger partial charge in [0, 0.05) is 12.3 Å². The van der Waals surface area contributed by atoms with Gasteiger partial charge < -0.3 is 4.74 Å². The van der Waals surface area contributed by atoms with Gasteiger partial charge in [0.1, 0.15) is 11.6 Å². The fraction of sp³-hybridized carbons (Fsp3) is 0.154. The molecule has 88 valence electrons. The first kappa shape index (κ1) is 12.0. The number of rotatable bonds is 2. The topological polar surface area (TPSA) is 22.1 Å². The minimum absolute atomic E-state index is 0.325. The molecule has 0 unspecified atom stereocenters. The molecule has 0 saturated heterocycles. The Morgan fingerprint density at radius 3 is 2.71 bits per heavy atom. The predicted octanol–water partition coefficient (Wildman–Crippen LogP) is 4.39. The van der Waals surface area contributed by atoms with E-state index in [-0.39, 0.29) is 5.82 Å². The number of hydrogen-bond acceptors (Lipinski definition) is 2. The Hall–Kier alpha value is -1.42. The third kappa shape index (κ3) is 2.64. The smallest absolute Gasteiger partial charge is 0.233 e. The molecular formula is C13H11BrFNO. The quantitative estimate of drug-likeness (QED) is 0.820. The molecule has 2 nitrogen and oxygen atoms in total. The van der Waals surface area contributed by atoms with Crippen LogP contribution in [0.5, 0.6) is 11.6 Å². The normalized spacial score (nSPS) is 10.4. The SMILES string of the molecule is Cc1ccc(F)cc1Oc1nccc(C)c1Br. The lowest BCUT2D eigenvalue weighted by molar-refractivity contribution is 0.451. The van der Waals surface area contributed by atoms with E-state index < -0.39 is 0 Å². The van der Waals surface area contributed by atoms with E-state index >= 15 is 0 Å². The van der Waals surface area contributed by atoms with Crippen molar-refractivity contribution < 1.29 is 9.13 Å². The van der Waals surface area contributed by atoms with Crippen molar-refractivity contribution in [3.8, 4) is 11.6 Å². The largest absolute Gasteiger partial charge is 0.437 e. The Morgan fingerprint density at radius 2 is 1.94 bits per heavy atom. The van der Waals surface area contributed by atoms with Crippen LogP contribution in [0, 0.1) is 19.7 Å². The molecule has 0 radical (unpaired) electrons. The zero-order valence-electron chi connectivity index (χ0n) is 9.50. The highest BCUT2D eigenvalue weighted by Crippen LogP contribution is 2.31. The Kier molecular flexibility index (Phi) is 3.43. The average Bonchev–Trinajstić information content (AvgIpc) is 2.30. The molecule has 1 heterocycles. The molecule has 0 saturated carbocycles. The Labute approximate surface area is 108 Å². The third-order valence-electron chi connectivity index (χ3n) is 2.41. The molecule has 0 aliphatic rings. The van der Waals surface area contributed by atoms with Crippen molar-refractivity contribution in [1.82, 2.24) is 4.98 Å². The molecule has 4 heteroatoms. The van der Waals surface area contributed by atoms with Gasteiger partial charge in [0.15, 0.2) is 0 Å². The van der Waals surface area contributed by atoms with Crippen LogP contribution < -0.4 is 4.74 Å². The minimum atomic E-state index is -0.325. The van der Waals surface area contributed by atoms with E-state index in [1.165, 1.54) is 12.1 Å². The maximum Gasteiger partial charge on any atom is 0.233 e. The van der Waals surface area contributed by atoms with Crippen LogP contribution in [0.1, 0.15) is 11.1 Å². The van der Waals surface area contributed by atoms with Crippen LogP contribution in [0.3, 0.4) is 0 Å². The molecule has 0 bridgehead atoms. The number of aromatic nitrogens is 1. The highest BCUT2D eigenvalue weighted by molar-refractivity contribution is 9.10. The van der Waals surface area contributed by atoms with E-state index in [4.69, 9.17) is 4.74 Å². The number of halogens is 2. The molecule has 0 N–H and O–H groups in total. The maximum atomic E-state index is 13.1. The van der Waals surface area contributed by atoms with E-state index in [0.29, 0.717) is 11.6 Å². The first-order valence-electron chi connectivity index (χ1n) is 5.13. The van der Waals surface area contributed by atoms with E-state index in [1.807, 2.05) is 19.9 Å². The second-order valence-corrected chi connectivity index (χ2v) is 4.55. The van der Waals surface area contributed by atoms with Gasteiger partial charge in [-0.15, -0.1) is 0 Å². The molecule has 0 aliphatic carbocycles. The summed E-state index contributed by atoms with van der Waals surface area (Å²) in [6.45, 7) is 3.80. The number of nitrogens with zero attached hydrogens (tertiary/aromatic N) is 1. The molecule has 0 aliphatic heterocycles. The first-order chi connectivity index (χ1) is 8.08. The lowest BCUT2D eigenvalue weighted by Gasteiger charge is -2.10. The summed E-state index contributed by atoms with van der Waals surface area (Å²) >= 11 is 3.40. The second-order valence-electron chi connectivity index (χ2n) is 3.76. The van der Waals surface area contributed by atoms with Crippen molar-refractivity contribution in [2.45, 2.75) is 13.8 Å². The minimum Gasteiger partial charge on any atom is -0.437 e. The van der Waals surface area contributed by atoms with Gasteiger partial charge in [0.25, 0.3) is 0 Å². The Bertz CT molecular complexity index is 557. The molecule has 0 amide bonds. The monoisotopic (exact) mass is 295 g/mol. The van der Waals surface area contributed by atoms with Crippen LogP contribution in [-0.2, 0) is 0 Å².